The first-order chi connectivity index (χ1) is 9.78. The van der Waals surface area contributed by atoms with Crippen molar-refractivity contribution in [3.63, 3.8) is 0 Å². The standard InChI is InChI=1S/C16H18N2O2/c1-2-15-14(5-6-20-15)16(19)18-8-11-3-4-12-9-17-10-13(12)7-11/h3-7,17H,2,8-10H2,1H3,(H,18,19). The molecular formula is C16H18N2O2. The van der Waals surface area contributed by atoms with Crippen LogP contribution in [0.25, 0.3) is 0 Å². The fourth-order valence-electron chi connectivity index (χ4n) is 2.55. The molecule has 1 aliphatic rings. The van der Waals surface area contributed by atoms with Crippen molar-refractivity contribution in [3.05, 3.63) is 58.5 Å². The number of furan rings is 1. The van der Waals surface area contributed by atoms with Gasteiger partial charge in [-0.3, -0.25) is 4.79 Å². The van der Waals surface area contributed by atoms with Gasteiger partial charge in [-0.25, -0.2) is 0 Å². The topological polar surface area (TPSA) is 54.3 Å². The Morgan fingerprint density at radius 2 is 2.15 bits per heavy atom. The van der Waals surface area contributed by atoms with E-state index in [-0.39, 0.29) is 5.91 Å². The van der Waals surface area contributed by atoms with Crippen molar-refractivity contribution in [3.8, 4) is 0 Å². The Morgan fingerprint density at radius 3 is 3.00 bits per heavy atom. The van der Waals surface area contributed by atoms with Crippen LogP contribution in [0, 0.1) is 0 Å². The molecule has 2 N–H and O–H groups in total. The van der Waals surface area contributed by atoms with Crippen molar-refractivity contribution in [2.24, 2.45) is 0 Å². The maximum absolute atomic E-state index is 12.1. The molecule has 4 heteroatoms. The van der Waals surface area contributed by atoms with Crippen LogP contribution in [-0.4, -0.2) is 5.91 Å². The van der Waals surface area contributed by atoms with Crippen LogP contribution in [0.4, 0.5) is 0 Å². The summed E-state index contributed by atoms with van der Waals surface area (Å²) in [7, 11) is 0. The lowest BCUT2D eigenvalue weighted by Gasteiger charge is -2.07. The second-order valence-electron chi connectivity index (χ2n) is 5.00. The fraction of sp³-hybridized carbons (Fsp3) is 0.312. The minimum Gasteiger partial charge on any atom is -0.469 e. The smallest absolute Gasteiger partial charge is 0.255 e. The zero-order valence-electron chi connectivity index (χ0n) is 11.5. The van der Waals surface area contributed by atoms with Crippen molar-refractivity contribution in [2.75, 3.05) is 0 Å². The zero-order valence-corrected chi connectivity index (χ0v) is 11.5. The van der Waals surface area contributed by atoms with Crippen LogP contribution in [0.15, 0.2) is 34.9 Å². The fourth-order valence-corrected chi connectivity index (χ4v) is 2.55. The molecule has 1 amide bonds. The number of carbonyl (C=O) groups is 1. The Bertz CT molecular complexity index is 631. The normalized spacial score (nSPS) is 13.2. The number of carbonyl (C=O) groups excluding carboxylic acids is 1. The number of fused-ring (bicyclic) bond motifs is 1. The van der Waals surface area contributed by atoms with E-state index in [1.807, 2.05) is 6.92 Å². The molecule has 4 nitrogen and oxygen atoms in total. The molecule has 3 rings (SSSR count). The lowest BCUT2D eigenvalue weighted by molar-refractivity contribution is 0.0949. The molecule has 0 unspecified atom stereocenters. The second kappa shape index (κ2) is 5.51. The van der Waals surface area contributed by atoms with Gasteiger partial charge in [0.1, 0.15) is 5.76 Å². The van der Waals surface area contributed by atoms with Crippen LogP contribution in [0.5, 0.6) is 0 Å². The zero-order chi connectivity index (χ0) is 13.9. The molecule has 1 aromatic heterocycles. The summed E-state index contributed by atoms with van der Waals surface area (Å²) in [6.45, 7) is 4.37. The molecule has 20 heavy (non-hydrogen) atoms. The molecule has 1 aromatic carbocycles. The maximum Gasteiger partial charge on any atom is 0.255 e. The van der Waals surface area contributed by atoms with Gasteiger partial charge in [-0.15, -0.1) is 0 Å². The van der Waals surface area contributed by atoms with Crippen LogP contribution in [0.3, 0.4) is 0 Å². The number of benzene rings is 1. The molecule has 2 heterocycles. The highest BCUT2D eigenvalue weighted by Gasteiger charge is 2.14. The quantitative estimate of drug-likeness (QED) is 0.897. The molecule has 0 saturated carbocycles. The summed E-state index contributed by atoms with van der Waals surface area (Å²) >= 11 is 0. The van der Waals surface area contributed by atoms with Crippen molar-refractivity contribution in [1.82, 2.24) is 10.6 Å². The van der Waals surface area contributed by atoms with E-state index in [1.165, 1.54) is 11.1 Å². The SMILES string of the molecule is CCc1occc1C(=O)NCc1ccc2c(c1)CNC2. The summed E-state index contributed by atoms with van der Waals surface area (Å²) in [5.41, 5.74) is 4.44. The van der Waals surface area contributed by atoms with Gasteiger partial charge in [0.25, 0.3) is 5.91 Å². The number of hydrogen-bond donors (Lipinski definition) is 2. The first-order valence-electron chi connectivity index (χ1n) is 6.94. The Morgan fingerprint density at radius 1 is 1.30 bits per heavy atom. The lowest BCUT2D eigenvalue weighted by atomic mass is 10.1. The van der Waals surface area contributed by atoms with Crippen LogP contribution in [0.1, 0.15) is 39.7 Å². The van der Waals surface area contributed by atoms with Gasteiger partial charge in [0.15, 0.2) is 0 Å². The highest BCUT2D eigenvalue weighted by molar-refractivity contribution is 5.95. The summed E-state index contributed by atoms with van der Waals surface area (Å²) < 4.78 is 5.28. The lowest BCUT2D eigenvalue weighted by Crippen LogP contribution is -2.23. The van der Waals surface area contributed by atoms with Crippen LogP contribution < -0.4 is 10.6 Å². The predicted molar refractivity (Wildman–Crippen MR) is 76.2 cm³/mol. The van der Waals surface area contributed by atoms with Gasteiger partial charge in [-0.1, -0.05) is 25.1 Å². The van der Waals surface area contributed by atoms with Gasteiger partial charge in [-0.05, 0) is 22.8 Å². The van der Waals surface area contributed by atoms with Crippen LogP contribution in [0.2, 0.25) is 0 Å². The van der Waals surface area contributed by atoms with Gasteiger partial charge < -0.3 is 15.1 Å². The largest absolute Gasteiger partial charge is 0.469 e. The molecule has 0 radical (unpaired) electrons. The Labute approximate surface area is 118 Å². The van der Waals surface area contributed by atoms with Crippen molar-refractivity contribution in [1.29, 1.82) is 0 Å². The number of aryl methyl sites for hydroxylation is 1. The maximum atomic E-state index is 12.1. The van der Waals surface area contributed by atoms with Crippen molar-refractivity contribution < 1.29 is 9.21 Å². The van der Waals surface area contributed by atoms with E-state index in [1.54, 1.807) is 12.3 Å². The molecule has 0 bridgehead atoms. The number of nitrogens with one attached hydrogen (secondary N) is 2. The molecule has 2 aromatic rings. The molecule has 0 spiro atoms. The van der Waals surface area contributed by atoms with E-state index >= 15 is 0 Å². The predicted octanol–water partition coefficient (Wildman–Crippen LogP) is 2.38. The Hall–Kier alpha value is -2.07. The van der Waals surface area contributed by atoms with Gasteiger partial charge in [-0.2, -0.15) is 0 Å². The van der Waals surface area contributed by atoms with E-state index in [4.69, 9.17) is 4.42 Å². The van der Waals surface area contributed by atoms with Gasteiger partial charge in [0.2, 0.25) is 0 Å². The van der Waals surface area contributed by atoms with E-state index < -0.39 is 0 Å². The van der Waals surface area contributed by atoms with Gasteiger partial charge in [0, 0.05) is 26.1 Å². The molecule has 0 atom stereocenters. The van der Waals surface area contributed by atoms with Crippen LogP contribution in [-0.2, 0) is 26.1 Å². The number of rotatable bonds is 4. The summed E-state index contributed by atoms with van der Waals surface area (Å²) in [4.78, 5) is 12.1. The summed E-state index contributed by atoms with van der Waals surface area (Å²) in [5, 5.41) is 6.27. The molecule has 0 aliphatic carbocycles. The molecule has 104 valence electrons. The third-order valence-electron chi connectivity index (χ3n) is 3.67. The van der Waals surface area contributed by atoms with E-state index in [2.05, 4.69) is 28.8 Å². The molecule has 0 fully saturated rings. The summed E-state index contributed by atoms with van der Waals surface area (Å²) in [6, 6.07) is 8.08. The minimum absolute atomic E-state index is 0.0748. The monoisotopic (exact) mass is 270 g/mol. The van der Waals surface area contributed by atoms with E-state index in [9.17, 15) is 4.79 Å². The van der Waals surface area contributed by atoms with E-state index in [0.29, 0.717) is 12.1 Å². The molecular weight excluding hydrogens is 252 g/mol. The highest BCUT2D eigenvalue weighted by atomic mass is 16.3. The first-order valence-corrected chi connectivity index (χ1v) is 6.94. The Balaban J connectivity index is 1.66. The summed E-state index contributed by atoms with van der Waals surface area (Å²) in [5.74, 6) is 0.662. The van der Waals surface area contributed by atoms with E-state index in [0.717, 1.165) is 30.8 Å². The van der Waals surface area contributed by atoms with Gasteiger partial charge in [0.05, 0.1) is 11.8 Å². The van der Waals surface area contributed by atoms with Gasteiger partial charge >= 0.3 is 0 Å². The number of hydrogen-bond acceptors (Lipinski definition) is 3. The average molecular weight is 270 g/mol. The van der Waals surface area contributed by atoms with Crippen molar-refractivity contribution in [2.45, 2.75) is 33.0 Å². The third-order valence-corrected chi connectivity index (χ3v) is 3.67. The third kappa shape index (κ3) is 2.47. The summed E-state index contributed by atoms with van der Waals surface area (Å²) in [6.07, 6.45) is 2.29. The van der Waals surface area contributed by atoms with Crippen molar-refractivity contribution >= 4 is 5.91 Å². The molecule has 1 aliphatic heterocycles. The number of amides is 1. The first kappa shape index (κ1) is 12.9. The Kier molecular flexibility index (Phi) is 3.56. The molecule has 0 saturated heterocycles. The second-order valence-corrected chi connectivity index (χ2v) is 5.00. The highest BCUT2D eigenvalue weighted by Crippen LogP contribution is 2.17. The average Bonchev–Trinajstić information content (AvgIpc) is 3.12. The van der Waals surface area contributed by atoms with Crippen LogP contribution >= 0.6 is 0 Å². The minimum atomic E-state index is -0.0748.